The van der Waals surface area contributed by atoms with Gasteiger partial charge in [0.15, 0.2) is 0 Å². The van der Waals surface area contributed by atoms with Crippen LogP contribution in [0.2, 0.25) is 5.04 Å². The molecule has 2 rings (SSSR count). The highest BCUT2D eigenvalue weighted by molar-refractivity contribution is 6.99. The fourth-order valence-corrected chi connectivity index (χ4v) is 8.34. The summed E-state index contributed by atoms with van der Waals surface area (Å²) in [7, 11) is -2.41. The lowest BCUT2D eigenvalue weighted by Crippen LogP contribution is -2.66. The average molecular weight is 409 g/mol. The first-order valence-corrected chi connectivity index (χ1v) is 12.6. The van der Waals surface area contributed by atoms with E-state index in [1.165, 1.54) is 10.4 Å². The first-order valence-electron chi connectivity index (χ1n) is 10.7. The van der Waals surface area contributed by atoms with Gasteiger partial charge in [0.2, 0.25) is 0 Å². The third-order valence-corrected chi connectivity index (χ3v) is 10.2. The molecule has 1 N–H and O–H groups in total. The maximum absolute atomic E-state index is 8.80. The van der Waals surface area contributed by atoms with E-state index in [9.17, 15) is 0 Å². The van der Waals surface area contributed by atoms with Crippen LogP contribution in [-0.2, 0) is 4.43 Å². The second-order valence-electron chi connectivity index (χ2n) is 8.34. The molecular weight excluding hydrogens is 372 g/mol. The number of hydrogen-bond acceptors (Lipinski definition) is 2. The number of aliphatic hydroxyl groups is 1. The van der Waals surface area contributed by atoms with Crippen molar-refractivity contribution in [3.8, 4) is 0 Å². The van der Waals surface area contributed by atoms with Crippen molar-refractivity contribution in [2.45, 2.75) is 51.5 Å². The molecule has 0 heterocycles. The summed E-state index contributed by atoms with van der Waals surface area (Å²) in [6.45, 7) is 7.92. The Morgan fingerprint density at radius 3 is 1.79 bits per heavy atom. The van der Waals surface area contributed by atoms with Crippen molar-refractivity contribution in [3.63, 3.8) is 0 Å². The maximum Gasteiger partial charge on any atom is 0.261 e. The molecular formula is C26H36O2Si. The van der Waals surface area contributed by atoms with E-state index in [1.54, 1.807) is 0 Å². The second-order valence-corrected chi connectivity index (χ2v) is 12.7. The predicted molar refractivity (Wildman–Crippen MR) is 127 cm³/mol. The summed E-state index contributed by atoms with van der Waals surface area (Å²) in [4.78, 5) is 0. The van der Waals surface area contributed by atoms with Crippen molar-refractivity contribution in [1.29, 1.82) is 0 Å². The van der Waals surface area contributed by atoms with E-state index in [4.69, 9.17) is 9.53 Å². The largest absolute Gasteiger partial charge is 0.407 e. The van der Waals surface area contributed by atoms with E-state index < -0.39 is 8.32 Å². The van der Waals surface area contributed by atoms with Crippen molar-refractivity contribution in [2.75, 3.05) is 13.2 Å². The quantitative estimate of drug-likeness (QED) is 0.313. The zero-order valence-corrected chi connectivity index (χ0v) is 19.2. The summed E-state index contributed by atoms with van der Waals surface area (Å²) >= 11 is 0. The molecule has 156 valence electrons. The molecule has 0 spiro atoms. The van der Waals surface area contributed by atoms with E-state index >= 15 is 0 Å². The summed E-state index contributed by atoms with van der Waals surface area (Å²) in [5, 5.41) is 11.5. The van der Waals surface area contributed by atoms with Crippen LogP contribution in [0.5, 0.6) is 0 Å². The topological polar surface area (TPSA) is 29.5 Å². The molecule has 3 heteroatoms. The molecule has 0 radical (unpaired) electrons. The summed E-state index contributed by atoms with van der Waals surface area (Å²) in [5.41, 5.74) is 0. The molecule has 2 aromatic carbocycles. The zero-order chi connectivity index (χ0) is 21.0. The third kappa shape index (κ3) is 6.53. The van der Waals surface area contributed by atoms with Gasteiger partial charge in [0, 0.05) is 13.2 Å². The highest BCUT2D eigenvalue weighted by atomic mass is 28.4. The molecule has 0 atom stereocenters. The predicted octanol–water partition coefficient (Wildman–Crippen LogP) is 5.23. The number of benzene rings is 2. The van der Waals surface area contributed by atoms with Crippen LogP contribution in [0.1, 0.15) is 46.5 Å². The Kier molecular flexibility index (Phi) is 9.59. The van der Waals surface area contributed by atoms with Crippen LogP contribution in [0.25, 0.3) is 0 Å². The Hall–Kier alpha value is -1.94. The molecule has 0 aliphatic carbocycles. The number of rotatable bonds is 11. The minimum absolute atomic E-state index is 0.0227. The molecule has 0 saturated carbocycles. The van der Waals surface area contributed by atoms with Gasteiger partial charge in [-0.1, -0.05) is 106 Å². The molecule has 0 bridgehead atoms. The van der Waals surface area contributed by atoms with Crippen LogP contribution in [0.3, 0.4) is 0 Å². The molecule has 0 aromatic heterocycles. The Morgan fingerprint density at radius 1 is 0.793 bits per heavy atom. The Labute approximate surface area is 178 Å². The summed E-state index contributed by atoms with van der Waals surface area (Å²) in [6.07, 6.45) is 12.3. The van der Waals surface area contributed by atoms with E-state index in [0.717, 1.165) is 32.3 Å². The molecule has 2 nitrogen and oxygen atoms in total. The minimum Gasteiger partial charge on any atom is -0.407 e. The monoisotopic (exact) mass is 408 g/mol. The van der Waals surface area contributed by atoms with Gasteiger partial charge in [-0.25, -0.2) is 0 Å². The van der Waals surface area contributed by atoms with Gasteiger partial charge >= 0.3 is 0 Å². The molecule has 0 saturated heterocycles. The van der Waals surface area contributed by atoms with Crippen molar-refractivity contribution < 1.29 is 9.53 Å². The van der Waals surface area contributed by atoms with Gasteiger partial charge in [0.25, 0.3) is 8.32 Å². The fraction of sp³-hybridized carbons (Fsp3) is 0.385. The molecule has 29 heavy (non-hydrogen) atoms. The number of allylic oxidation sites excluding steroid dienone is 3. The second kappa shape index (κ2) is 11.9. The minimum atomic E-state index is -2.41. The molecule has 0 unspecified atom stereocenters. The zero-order valence-electron chi connectivity index (χ0n) is 18.2. The smallest absolute Gasteiger partial charge is 0.261 e. The lowest BCUT2D eigenvalue weighted by molar-refractivity contribution is 0.289. The van der Waals surface area contributed by atoms with Gasteiger partial charge in [0.1, 0.15) is 0 Å². The molecule has 0 aliphatic rings. The lowest BCUT2D eigenvalue weighted by atomic mass is 10.2. The number of hydrogen-bond donors (Lipinski definition) is 1. The van der Waals surface area contributed by atoms with Gasteiger partial charge in [-0.3, -0.25) is 0 Å². The van der Waals surface area contributed by atoms with Crippen molar-refractivity contribution in [3.05, 3.63) is 85.0 Å². The van der Waals surface area contributed by atoms with Gasteiger partial charge in [-0.15, -0.1) is 0 Å². The lowest BCUT2D eigenvalue weighted by Gasteiger charge is -2.43. The van der Waals surface area contributed by atoms with E-state index in [0.29, 0.717) is 0 Å². The Balaban J connectivity index is 2.12. The van der Waals surface area contributed by atoms with Crippen molar-refractivity contribution in [1.82, 2.24) is 0 Å². The maximum atomic E-state index is 8.80. The van der Waals surface area contributed by atoms with E-state index in [1.807, 2.05) is 0 Å². The van der Waals surface area contributed by atoms with Crippen LogP contribution in [0.15, 0.2) is 85.0 Å². The summed E-state index contributed by atoms with van der Waals surface area (Å²) < 4.78 is 6.87. The van der Waals surface area contributed by atoms with Gasteiger partial charge in [-0.05, 0) is 41.1 Å². The van der Waals surface area contributed by atoms with E-state index in [-0.39, 0.29) is 11.6 Å². The fourth-order valence-electron chi connectivity index (χ4n) is 3.76. The van der Waals surface area contributed by atoms with Crippen molar-refractivity contribution in [2.24, 2.45) is 0 Å². The van der Waals surface area contributed by atoms with Crippen LogP contribution < -0.4 is 10.4 Å². The van der Waals surface area contributed by atoms with E-state index in [2.05, 4.69) is 106 Å². The first kappa shape index (κ1) is 23.3. The first-order chi connectivity index (χ1) is 14.0. The highest BCUT2D eigenvalue weighted by Crippen LogP contribution is 2.36. The van der Waals surface area contributed by atoms with Crippen LogP contribution in [0, 0.1) is 0 Å². The SMILES string of the molecule is CC(C)(C)[Si](OCC/C=C\C/C=C\CCCO)(c1ccccc1)c1ccccc1. The molecule has 0 fully saturated rings. The van der Waals surface area contributed by atoms with Crippen LogP contribution >= 0.6 is 0 Å². The number of unbranched alkanes of at least 4 members (excludes halogenated alkanes) is 1. The third-order valence-electron chi connectivity index (χ3n) is 5.15. The molecule has 2 aromatic rings. The Bertz CT molecular complexity index is 706. The highest BCUT2D eigenvalue weighted by Gasteiger charge is 2.49. The standard InChI is InChI=1S/C26H36O2Si/c1-26(2,3)29(24-18-12-10-13-19-24,25-20-14-11-15-21-25)28-23-17-9-7-5-4-6-8-16-22-27/h4,6-7,9-15,18-21,27H,5,8,16-17,22-23H2,1-3H3/b6-4-,9-7-. The Morgan fingerprint density at radius 2 is 1.31 bits per heavy atom. The van der Waals surface area contributed by atoms with Crippen LogP contribution in [0.4, 0.5) is 0 Å². The van der Waals surface area contributed by atoms with Gasteiger partial charge in [-0.2, -0.15) is 0 Å². The molecule has 0 aliphatic heterocycles. The normalized spacial score (nSPS) is 12.8. The van der Waals surface area contributed by atoms with Crippen LogP contribution in [-0.4, -0.2) is 26.6 Å². The summed E-state index contributed by atoms with van der Waals surface area (Å²) in [6, 6.07) is 21.6. The van der Waals surface area contributed by atoms with Gasteiger partial charge < -0.3 is 9.53 Å². The average Bonchev–Trinajstić information content (AvgIpc) is 2.72. The van der Waals surface area contributed by atoms with Gasteiger partial charge in [0.05, 0.1) is 0 Å². The summed E-state index contributed by atoms with van der Waals surface area (Å²) in [5.74, 6) is 0. The number of aliphatic hydroxyl groups excluding tert-OH is 1. The van der Waals surface area contributed by atoms with Crippen molar-refractivity contribution >= 4 is 18.7 Å². The molecule has 0 amide bonds.